The number of carbonyl (C=O) groups excluding carboxylic acids is 1. The fourth-order valence-corrected chi connectivity index (χ4v) is 4.19. The van der Waals surface area contributed by atoms with Gasteiger partial charge in [-0.15, -0.1) is 0 Å². The average Bonchev–Trinajstić information content (AvgIpc) is 3.28. The van der Waals surface area contributed by atoms with Crippen molar-refractivity contribution < 1.29 is 9.21 Å². The summed E-state index contributed by atoms with van der Waals surface area (Å²) >= 11 is 0. The largest absolute Gasteiger partial charge is 0.456 e. The van der Waals surface area contributed by atoms with E-state index in [0.29, 0.717) is 12.2 Å². The van der Waals surface area contributed by atoms with Gasteiger partial charge in [-0.25, -0.2) is 4.79 Å². The number of hydrogen-bond acceptors (Lipinski definition) is 4. The Morgan fingerprint density at radius 2 is 1.70 bits per heavy atom. The Morgan fingerprint density at radius 3 is 2.55 bits per heavy atom. The summed E-state index contributed by atoms with van der Waals surface area (Å²) < 4.78 is 6.23. The Bertz CT molecular complexity index is 1230. The van der Waals surface area contributed by atoms with Gasteiger partial charge >= 0.3 is 6.03 Å². The summed E-state index contributed by atoms with van der Waals surface area (Å²) in [5.41, 5.74) is 4.73. The van der Waals surface area contributed by atoms with Crippen LogP contribution in [0.5, 0.6) is 0 Å². The third-order valence-electron chi connectivity index (χ3n) is 5.94. The molecule has 0 bridgehead atoms. The molecular formula is C27H28N4O2. The van der Waals surface area contributed by atoms with Gasteiger partial charge in [0.15, 0.2) is 0 Å². The minimum absolute atomic E-state index is 0.249. The van der Waals surface area contributed by atoms with Gasteiger partial charge < -0.3 is 20.4 Å². The first-order chi connectivity index (χ1) is 16.2. The van der Waals surface area contributed by atoms with Gasteiger partial charge in [0.2, 0.25) is 0 Å². The fraction of sp³-hybridized carbons (Fsp3) is 0.222. The molecule has 3 aromatic carbocycles. The quantitative estimate of drug-likeness (QED) is 0.402. The van der Waals surface area contributed by atoms with Gasteiger partial charge in [-0.05, 0) is 35.4 Å². The Hall–Kier alpha value is -3.61. The zero-order chi connectivity index (χ0) is 22.5. The van der Waals surface area contributed by atoms with E-state index in [-0.39, 0.29) is 6.03 Å². The van der Waals surface area contributed by atoms with Crippen molar-refractivity contribution in [3.05, 3.63) is 90.0 Å². The summed E-state index contributed by atoms with van der Waals surface area (Å²) in [5, 5.41) is 10.3. The highest BCUT2D eigenvalue weighted by Gasteiger charge is 2.14. The third kappa shape index (κ3) is 5.25. The van der Waals surface area contributed by atoms with Crippen LogP contribution >= 0.6 is 0 Å². The number of amides is 2. The van der Waals surface area contributed by atoms with Crippen molar-refractivity contribution >= 4 is 22.7 Å². The van der Waals surface area contributed by atoms with E-state index in [9.17, 15) is 4.79 Å². The van der Waals surface area contributed by atoms with E-state index in [1.54, 1.807) is 0 Å². The van der Waals surface area contributed by atoms with Gasteiger partial charge in [-0.2, -0.15) is 0 Å². The first-order valence-electron chi connectivity index (χ1n) is 11.4. The second kappa shape index (κ2) is 9.90. The molecule has 3 N–H and O–H groups in total. The maximum Gasteiger partial charge on any atom is 0.319 e. The first-order valence-corrected chi connectivity index (χ1v) is 11.4. The molecule has 4 aromatic rings. The Labute approximate surface area is 193 Å². The SMILES string of the molecule is O=C(NCc1ccccc1)Nc1ccccc1-c1cc2ccc(CN3CCNCC3)cc2o1. The average molecular weight is 441 g/mol. The van der Waals surface area contributed by atoms with Crippen LogP contribution < -0.4 is 16.0 Å². The molecule has 0 radical (unpaired) electrons. The second-order valence-corrected chi connectivity index (χ2v) is 8.35. The Kier molecular flexibility index (Phi) is 6.37. The standard InChI is InChI=1S/C27H28N4O2/c32-27(29-18-20-6-2-1-3-7-20)30-24-9-5-4-8-23(24)26-17-22-11-10-21(16-25(22)33-26)19-31-14-12-28-13-15-31/h1-11,16-17,28H,12-15,18-19H2,(H2,29,30,32). The van der Waals surface area contributed by atoms with Crippen LogP contribution in [-0.4, -0.2) is 37.1 Å². The molecule has 1 aromatic heterocycles. The number of hydrogen-bond donors (Lipinski definition) is 3. The Balaban J connectivity index is 1.31. The predicted molar refractivity (Wildman–Crippen MR) is 132 cm³/mol. The molecule has 0 spiro atoms. The maximum atomic E-state index is 12.5. The number of rotatable bonds is 6. The number of nitrogens with one attached hydrogen (secondary N) is 3. The molecule has 6 nitrogen and oxygen atoms in total. The van der Waals surface area contributed by atoms with E-state index in [0.717, 1.165) is 60.6 Å². The summed E-state index contributed by atoms with van der Waals surface area (Å²) in [4.78, 5) is 15.0. The zero-order valence-electron chi connectivity index (χ0n) is 18.5. The summed E-state index contributed by atoms with van der Waals surface area (Å²) in [6.07, 6.45) is 0. The molecule has 1 aliphatic heterocycles. The lowest BCUT2D eigenvalue weighted by Crippen LogP contribution is -2.42. The zero-order valence-corrected chi connectivity index (χ0v) is 18.5. The van der Waals surface area contributed by atoms with Crippen LogP contribution in [0.3, 0.4) is 0 Å². The van der Waals surface area contributed by atoms with Crippen LogP contribution in [0.15, 0.2) is 83.3 Å². The summed E-state index contributed by atoms with van der Waals surface area (Å²) in [6, 6.07) is 25.8. The molecule has 5 rings (SSSR count). The molecule has 1 aliphatic rings. The highest BCUT2D eigenvalue weighted by molar-refractivity contribution is 5.95. The molecule has 0 unspecified atom stereocenters. The van der Waals surface area contributed by atoms with Crippen LogP contribution in [0.4, 0.5) is 10.5 Å². The molecule has 33 heavy (non-hydrogen) atoms. The molecule has 2 amide bonds. The monoisotopic (exact) mass is 440 g/mol. The van der Waals surface area contributed by atoms with E-state index in [2.05, 4.69) is 39.0 Å². The minimum atomic E-state index is -0.249. The highest BCUT2D eigenvalue weighted by Crippen LogP contribution is 2.33. The molecule has 0 saturated carbocycles. The molecular weight excluding hydrogens is 412 g/mol. The lowest BCUT2D eigenvalue weighted by molar-refractivity contribution is 0.233. The summed E-state index contributed by atoms with van der Waals surface area (Å²) in [5.74, 6) is 0.739. The van der Waals surface area contributed by atoms with Crippen molar-refractivity contribution in [2.45, 2.75) is 13.1 Å². The lowest BCUT2D eigenvalue weighted by atomic mass is 10.1. The normalized spacial score (nSPS) is 14.3. The van der Waals surface area contributed by atoms with E-state index < -0.39 is 0 Å². The first kappa shape index (κ1) is 21.2. The fourth-order valence-electron chi connectivity index (χ4n) is 4.19. The van der Waals surface area contributed by atoms with Crippen molar-refractivity contribution in [1.82, 2.24) is 15.5 Å². The molecule has 1 fully saturated rings. The van der Waals surface area contributed by atoms with Gasteiger partial charge in [0.25, 0.3) is 0 Å². The van der Waals surface area contributed by atoms with Crippen molar-refractivity contribution in [3.63, 3.8) is 0 Å². The Morgan fingerprint density at radius 1 is 0.909 bits per heavy atom. The number of anilines is 1. The number of para-hydroxylation sites is 1. The number of urea groups is 1. The van der Waals surface area contributed by atoms with Crippen molar-refractivity contribution in [2.24, 2.45) is 0 Å². The summed E-state index contributed by atoms with van der Waals surface area (Å²) in [6.45, 7) is 5.59. The molecule has 1 saturated heterocycles. The molecule has 168 valence electrons. The van der Waals surface area contributed by atoms with Crippen LogP contribution in [-0.2, 0) is 13.1 Å². The van der Waals surface area contributed by atoms with Crippen LogP contribution in [0.2, 0.25) is 0 Å². The number of benzene rings is 3. The molecule has 2 heterocycles. The molecule has 6 heteroatoms. The predicted octanol–water partition coefficient (Wildman–Crippen LogP) is 4.83. The second-order valence-electron chi connectivity index (χ2n) is 8.35. The van der Waals surface area contributed by atoms with Gasteiger partial charge in [0.1, 0.15) is 11.3 Å². The lowest BCUT2D eigenvalue weighted by Gasteiger charge is -2.27. The number of nitrogens with zero attached hydrogens (tertiary/aromatic N) is 1. The van der Waals surface area contributed by atoms with E-state index in [4.69, 9.17) is 4.42 Å². The third-order valence-corrected chi connectivity index (χ3v) is 5.94. The van der Waals surface area contributed by atoms with Crippen molar-refractivity contribution in [3.8, 4) is 11.3 Å². The van der Waals surface area contributed by atoms with Crippen molar-refractivity contribution in [1.29, 1.82) is 0 Å². The highest BCUT2D eigenvalue weighted by atomic mass is 16.3. The van der Waals surface area contributed by atoms with Crippen LogP contribution in [0.25, 0.3) is 22.3 Å². The van der Waals surface area contributed by atoms with E-state index in [1.165, 1.54) is 5.56 Å². The van der Waals surface area contributed by atoms with Gasteiger partial charge in [0, 0.05) is 50.2 Å². The smallest absolute Gasteiger partial charge is 0.319 e. The number of fused-ring (bicyclic) bond motifs is 1. The van der Waals surface area contributed by atoms with Gasteiger partial charge in [-0.3, -0.25) is 4.90 Å². The van der Waals surface area contributed by atoms with E-state index in [1.807, 2.05) is 60.7 Å². The molecule has 0 aliphatic carbocycles. The minimum Gasteiger partial charge on any atom is -0.456 e. The van der Waals surface area contributed by atoms with Gasteiger partial charge in [0.05, 0.1) is 5.69 Å². The van der Waals surface area contributed by atoms with Crippen LogP contribution in [0, 0.1) is 0 Å². The van der Waals surface area contributed by atoms with Crippen LogP contribution in [0.1, 0.15) is 11.1 Å². The summed E-state index contributed by atoms with van der Waals surface area (Å²) in [7, 11) is 0. The van der Waals surface area contributed by atoms with E-state index >= 15 is 0 Å². The number of piperazine rings is 1. The molecule has 0 atom stereocenters. The van der Waals surface area contributed by atoms with Gasteiger partial charge in [-0.1, -0.05) is 54.6 Å². The van der Waals surface area contributed by atoms with Crippen molar-refractivity contribution in [2.75, 3.05) is 31.5 Å². The maximum absolute atomic E-state index is 12.5. The topological polar surface area (TPSA) is 69.5 Å². The number of carbonyl (C=O) groups is 1. The number of furan rings is 1.